The molecule has 20 heavy (non-hydrogen) atoms. The van der Waals surface area contributed by atoms with Gasteiger partial charge in [-0.25, -0.2) is 13.1 Å². The van der Waals surface area contributed by atoms with Crippen LogP contribution in [0, 0.1) is 13.8 Å². The maximum atomic E-state index is 12.2. The Morgan fingerprint density at radius 1 is 1.00 bits per heavy atom. The number of rotatable bonds is 4. The second-order valence-corrected chi connectivity index (χ2v) is 6.59. The van der Waals surface area contributed by atoms with E-state index < -0.39 is 10.0 Å². The Morgan fingerprint density at radius 2 is 1.60 bits per heavy atom. The molecule has 5 heteroatoms. The first-order valence-corrected chi connectivity index (χ1v) is 7.78. The normalized spacial score (nSPS) is 11.5. The van der Waals surface area contributed by atoms with E-state index >= 15 is 0 Å². The van der Waals surface area contributed by atoms with Crippen molar-refractivity contribution in [2.75, 3.05) is 5.73 Å². The maximum absolute atomic E-state index is 12.2. The molecule has 0 aliphatic rings. The molecule has 0 atom stereocenters. The van der Waals surface area contributed by atoms with Crippen molar-refractivity contribution in [1.29, 1.82) is 0 Å². The molecule has 2 rings (SSSR count). The van der Waals surface area contributed by atoms with Gasteiger partial charge in [0.15, 0.2) is 0 Å². The van der Waals surface area contributed by atoms with E-state index in [9.17, 15) is 8.42 Å². The van der Waals surface area contributed by atoms with Gasteiger partial charge in [0.2, 0.25) is 10.0 Å². The molecule has 3 N–H and O–H groups in total. The summed E-state index contributed by atoms with van der Waals surface area (Å²) in [5, 5.41) is 0. The summed E-state index contributed by atoms with van der Waals surface area (Å²) in [5.41, 5.74) is 9.02. The van der Waals surface area contributed by atoms with Crippen LogP contribution in [-0.4, -0.2) is 8.42 Å². The fourth-order valence-electron chi connectivity index (χ4n) is 1.87. The third kappa shape index (κ3) is 3.37. The number of nitrogens with two attached hydrogens (primary N) is 1. The van der Waals surface area contributed by atoms with E-state index in [1.165, 1.54) is 6.07 Å². The third-order valence-electron chi connectivity index (χ3n) is 3.04. The van der Waals surface area contributed by atoms with Gasteiger partial charge in [-0.05, 0) is 37.1 Å². The van der Waals surface area contributed by atoms with Gasteiger partial charge in [0.05, 0.1) is 5.69 Å². The largest absolute Gasteiger partial charge is 0.398 e. The minimum Gasteiger partial charge on any atom is -0.398 e. The Kier molecular flexibility index (Phi) is 4.11. The molecule has 0 radical (unpaired) electrons. The average Bonchev–Trinajstić information content (AvgIpc) is 2.37. The molecule has 2 aromatic carbocycles. The van der Waals surface area contributed by atoms with Crippen molar-refractivity contribution in [3.63, 3.8) is 0 Å². The van der Waals surface area contributed by atoms with Crippen LogP contribution in [-0.2, 0) is 16.6 Å². The SMILES string of the molecule is Cc1ccc(CNS(=O)(=O)c2ccc(C)cc2N)cc1. The quantitative estimate of drug-likeness (QED) is 0.849. The molecule has 4 nitrogen and oxygen atoms in total. The lowest BCUT2D eigenvalue weighted by Crippen LogP contribution is -2.24. The predicted octanol–water partition coefficient (Wildman–Crippen LogP) is 2.36. The molecule has 0 heterocycles. The molecule has 0 saturated heterocycles. The number of sulfonamides is 1. The van der Waals surface area contributed by atoms with Gasteiger partial charge >= 0.3 is 0 Å². The number of nitrogens with one attached hydrogen (secondary N) is 1. The standard InChI is InChI=1S/C15H18N2O2S/c1-11-3-6-13(7-4-11)10-17-20(18,19)15-8-5-12(2)9-14(15)16/h3-9,17H,10,16H2,1-2H3. The van der Waals surface area contributed by atoms with Crippen LogP contribution >= 0.6 is 0 Å². The number of hydrogen-bond acceptors (Lipinski definition) is 3. The highest BCUT2D eigenvalue weighted by atomic mass is 32.2. The molecular weight excluding hydrogens is 272 g/mol. The van der Waals surface area contributed by atoms with E-state index in [4.69, 9.17) is 5.73 Å². The van der Waals surface area contributed by atoms with Crippen LogP contribution < -0.4 is 10.5 Å². The van der Waals surface area contributed by atoms with Crippen molar-refractivity contribution in [2.45, 2.75) is 25.3 Å². The number of anilines is 1. The summed E-state index contributed by atoms with van der Waals surface area (Å²) >= 11 is 0. The molecule has 0 amide bonds. The summed E-state index contributed by atoms with van der Waals surface area (Å²) in [6.07, 6.45) is 0. The minimum atomic E-state index is -3.59. The van der Waals surface area contributed by atoms with Crippen LogP contribution in [0.3, 0.4) is 0 Å². The van der Waals surface area contributed by atoms with Crippen LogP contribution in [0.25, 0.3) is 0 Å². The molecule has 0 spiro atoms. The zero-order valence-corrected chi connectivity index (χ0v) is 12.4. The van der Waals surface area contributed by atoms with E-state index in [0.717, 1.165) is 16.7 Å². The van der Waals surface area contributed by atoms with E-state index in [1.807, 2.05) is 38.1 Å². The zero-order chi connectivity index (χ0) is 14.8. The average molecular weight is 290 g/mol. The first-order chi connectivity index (χ1) is 9.38. The lowest BCUT2D eigenvalue weighted by atomic mass is 10.2. The second-order valence-electron chi connectivity index (χ2n) is 4.85. The first kappa shape index (κ1) is 14.6. The highest BCUT2D eigenvalue weighted by Crippen LogP contribution is 2.19. The summed E-state index contributed by atoms with van der Waals surface area (Å²) in [6.45, 7) is 4.10. The topological polar surface area (TPSA) is 72.2 Å². The van der Waals surface area contributed by atoms with E-state index in [1.54, 1.807) is 12.1 Å². The smallest absolute Gasteiger partial charge is 0.242 e. The lowest BCUT2D eigenvalue weighted by molar-refractivity contribution is 0.581. The highest BCUT2D eigenvalue weighted by molar-refractivity contribution is 7.89. The van der Waals surface area contributed by atoms with Gasteiger partial charge in [-0.2, -0.15) is 0 Å². The molecule has 2 aromatic rings. The Morgan fingerprint density at radius 3 is 2.20 bits per heavy atom. The van der Waals surface area contributed by atoms with E-state index in [2.05, 4.69) is 4.72 Å². The van der Waals surface area contributed by atoms with Crippen LogP contribution in [0.5, 0.6) is 0 Å². The van der Waals surface area contributed by atoms with Gasteiger partial charge in [-0.3, -0.25) is 0 Å². The van der Waals surface area contributed by atoms with Gasteiger partial charge in [-0.1, -0.05) is 35.9 Å². The van der Waals surface area contributed by atoms with Gasteiger partial charge in [0.1, 0.15) is 4.90 Å². The molecule has 0 saturated carbocycles. The van der Waals surface area contributed by atoms with Gasteiger partial charge < -0.3 is 5.73 Å². The van der Waals surface area contributed by atoms with Crippen molar-refractivity contribution < 1.29 is 8.42 Å². The summed E-state index contributed by atoms with van der Waals surface area (Å²) in [6, 6.07) is 12.6. The van der Waals surface area contributed by atoms with Crippen molar-refractivity contribution >= 4 is 15.7 Å². The Bertz CT molecular complexity index is 707. The molecule has 0 bridgehead atoms. The molecule has 0 fully saturated rings. The fraction of sp³-hybridized carbons (Fsp3) is 0.200. The summed E-state index contributed by atoms with van der Waals surface area (Å²) in [7, 11) is -3.59. The van der Waals surface area contributed by atoms with Gasteiger partial charge in [0.25, 0.3) is 0 Å². The Labute approximate surface area is 119 Å². The number of hydrogen-bond donors (Lipinski definition) is 2. The third-order valence-corrected chi connectivity index (χ3v) is 4.52. The lowest BCUT2D eigenvalue weighted by Gasteiger charge is -2.10. The summed E-state index contributed by atoms with van der Waals surface area (Å²) in [4.78, 5) is 0.121. The van der Waals surface area contributed by atoms with Crippen LogP contribution in [0.15, 0.2) is 47.4 Å². The van der Waals surface area contributed by atoms with Crippen molar-refractivity contribution in [3.05, 3.63) is 59.2 Å². The van der Waals surface area contributed by atoms with Crippen LogP contribution in [0.2, 0.25) is 0 Å². The zero-order valence-electron chi connectivity index (χ0n) is 11.6. The number of nitrogen functional groups attached to an aromatic ring is 1. The van der Waals surface area contributed by atoms with Crippen molar-refractivity contribution in [2.24, 2.45) is 0 Å². The maximum Gasteiger partial charge on any atom is 0.242 e. The van der Waals surface area contributed by atoms with Gasteiger partial charge in [-0.15, -0.1) is 0 Å². The highest BCUT2D eigenvalue weighted by Gasteiger charge is 2.16. The predicted molar refractivity (Wildman–Crippen MR) is 80.8 cm³/mol. The van der Waals surface area contributed by atoms with Crippen molar-refractivity contribution in [1.82, 2.24) is 4.72 Å². The molecule has 106 valence electrons. The molecular formula is C15H18N2O2S. The fourth-order valence-corrected chi connectivity index (χ4v) is 3.00. The summed E-state index contributed by atoms with van der Waals surface area (Å²) < 4.78 is 27.0. The van der Waals surface area contributed by atoms with Crippen molar-refractivity contribution in [3.8, 4) is 0 Å². The van der Waals surface area contributed by atoms with Crippen LogP contribution in [0.1, 0.15) is 16.7 Å². The second kappa shape index (κ2) is 5.64. The first-order valence-electron chi connectivity index (χ1n) is 6.30. The molecule has 0 aromatic heterocycles. The minimum absolute atomic E-state index is 0.121. The monoisotopic (exact) mass is 290 g/mol. The van der Waals surface area contributed by atoms with E-state index in [0.29, 0.717) is 0 Å². The Balaban J connectivity index is 2.17. The van der Waals surface area contributed by atoms with Gasteiger partial charge in [0, 0.05) is 6.54 Å². The molecule has 0 unspecified atom stereocenters. The Hall–Kier alpha value is -1.85. The number of benzene rings is 2. The van der Waals surface area contributed by atoms with Crippen LogP contribution in [0.4, 0.5) is 5.69 Å². The molecule has 0 aliphatic carbocycles. The summed E-state index contributed by atoms with van der Waals surface area (Å²) in [5.74, 6) is 0. The number of aryl methyl sites for hydroxylation is 2. The van der Waals surface area contributed by atoms with E-state index in [-0.39, 0.29) is 17.1 Å². The molecule has 0 aliphatic heterocycles.